The molecule has 20 heavy (non-hydrogen) atoms. The van der Waals surface area contributed by atoms with Crippen LogP contribution in [-0.4, -0.2) is 44.6 Å². The van der Waals surface area contributed by atoms with Crippen molar-refractivity contribution >= 4 is 27.3 Å². The lowest BCUT2D eigenvalue weighted by atomic mass is 10.1. The van der Waals surface area contributed by atoms with E-state index in [1.165, 1.54) is 11.1 Å². The van der Waals surface area contributed by atoms with Crippen LogP contribution in [0.4, 0.5) is 0 Å². The van der Waals surface area contributed by atoms with Gasteiger partial charge in [-0.2, -0.15) is 0 Å². The molecule has 0 radical (unpaired) electrons. The maximum Gasteiger partial charge on any atom is 0.222 e. The number of carbonyl (C=O) groups excluding carboxylic acids is 1. The molecule has 2 heterocycles. The van der Waals surface area contributed by atoms with Crippen LogP contribution in [-0.2, 0) is 21.2 Å². The van der Waals surface area contributed by atoms with Crippen molar-refractivity contribution in [3.8, 4) is 0 Å². The first-order valence-corrected chi connectivity index (χ1v) is 9.48. The molecule has 5 nitrogen and oxygen atoms in total. The predicted molar refractivity (Wildman–Crippen MR) is 80.2 cm³/mol. The van der Waals surface area contributed by atoms with Crippen molar-refractivity contribution < 1.29 is 13.2 Å². The summed E-state index contributed by atoms with van der Waals surface area (Å²) in [7, 11) is -3.15. The van der Waals surface area contributed by atoms with Gasteiger partial charge in [-0.1, -0.05) is 6.07 Å². The summed E-state index contributed by atoms with van der Waals surface area (Å²) in [6, 6.07) is 4.00. The SMILES string of the molecule is CS(=O)(=O)NC1CCN(C(=O)CCc2cccs2)CC1. The molecule has 7 heteroatoms. The van der Waals surface area contributed by atoms with Crippen LogP contribution in [0.3, 0.4) is 0 Å². The normalized spacial score (nSPS) is 17.4. The fourth-order valence-electron chi connectivity index (χ4n) is 2.39. The highest BCUT2D eigenvalue weighted by Crippen LogP contribution is 2.15. The van der Waals surface area contributed by atoms with Crippen LogP contribution in [0, 0.1) is 0 Å². The van der Waals surface area contributed by atoms with Crippen molar-refractivity contribution in [3.63, 3.8) is 0 Å². The first-order valence-electron chi connectivity index (χ1n) is 6.71. The number of thiophene rings is 1. The quantitative estimate of drug-likeness (QED) is 0.888. The average molecular weight is 316 g/mol. The smallest absolute Gasteiger partial charge is 0.222 e. The number of nitrogens with zero attached hydrogens (tertiary/aromatic N) is 1. The molecule has 0 spiro atoms. The fraction of sp³-hybridized carbons (Fsp3) is 0.615. The van der Waals surface area contributed by atoms with Crippen molar-refractivity contribution in [2.45, 2.75) is 31.7 Å². The highest BCUT2D eigenvalue weighted by Gasteiger charge is 2.24. The van der Waals surface area contributed by atoms with Crippen molar-refractivity contribution in [3.05, 3.63) is 22.4 Å². The number of nitrogens with one attached hydrogen (secondary N) is 1. The van der Waals surface area contributed by atoms with Gasteiger partial charge in [-0.05, 0) is 30.7 Å². The maximum atomic E-state index is 12.1. The molecule has 112 valence electrons. The van der Waals surface area contributed by atoms with E-state index in [9.17, 15) is 13.2 Å². The second kappa shape index (κ2) is 6.69. The molecule has 0 unspecified atom stereocenters. The summed E-state index contributed by atoms with van der Waals surface area (Å²) in [5.41, 5.74) is 0. The zero-order valence-electron chi connectivity index (χ0n) is 11.5. The standard InChI is InChI=1S/C13H20N2O3S2/c1-20(17,18)14-11-6-8-15(9-7-11)13(16)5-4-12-3-2-10-19-12/h2-3,10-11,14H,4-9H2,1H3. The Bertz CT molecular complexity index is 532. The van der Waals surface area contributed by atoms with E-state index in [0.29, 0.717) is 32.4 Å². The number of amides is 1. The molecule has 1 N–H and O–H groups in total. The van der Waals surface area contributed by atoms with E-state index in [2.05, 4.69) is 4.72 Å². The zero-order valence-corrected chi connectivity index (χ0v) is 13.2. The van der Waals surface area contributed by atoms with Crippen molar-refractivity contribution in [1.82, 2.24) is 9.62 Å². The van der Waals surface area contributed by atoms with Gasteiger partial charge in [0.05, 0.1) is 6.26 Å². The minimum atomic E-state index is -3.15. The van der Waals surface area contributed by atoms with Gasteiger partial charge in [0.2, 0.25) is 15.9 Å². The summed E-state index contributed by atoms with van der Waals surface area (Å²) >= 11 is 1.67. The van der Waals surface area contributed by atoms with Gasteiger partial charge in [0, 0.05) is 30.4 Å². The largest absolute Gasteiger partial charge is 0.343 e. The summed E-state index contributed by atoms with van der Waals surface area (Å²) in [5.74, 6) is 0.163. The van der Waals surface area contributed by atoms with E-state index in [0.717, 1.165) is 6.42 Å². The van der Waals surface area contributed by atoms with Gasteiger partial charge < -0.3 is 4.90 Å². The van der Waals surface area contributed by atoms with Crippen LogP contribution in [0.15, 0.2) is 17.5 Å². The molecular weight excluding hydrogens is 296 g/mol. The van der Waals surface area contributed by atoms with Crippen molar-refractivity contribution in [2.75, 3.05) is 19.3 Å². The molecule has 1 aromatic heterocycles. The third kappa shape index (κ3) is 4.88. The number of hydrogen-bond acceptors (Lipinski definition) is 4. The monoisotopic (exact) mass is 316 g/mol. The summed E-state index contributed by atoms with van der Waals surface area (Å²) < 4.78 is 24.9. The number of aryl methyl sites for hydroxylation is 1. The van der Waals surface area contributed by atoms with E-state index in [4.69, 9.17) is 0 Å². The number of likely N-dealkylation sites (tertiary alicyclic amines) is 1. The molecular formula is C13H20N2O3S2. The summed E-state index contributed by atoms with van der Waals surface area (Å²) in [6.07, 6.45) is 3.88. The summed E-state index contributed by atoms with van der Waals surface area (Å²) in [5, 5.41) is 2.02. The Morgan fingerprint density at radius 2 is 2.15 bits per heavy atom. The number of rotatable bonds is 5. The fourth-order valence-corrected chi connectivity index (χ4v) is 3.94. The first kappa shape index (κ1) is 15.5. The topological polar surface area (TPSA) is 66.5 Å². The van der Waals surface area contributed by atoms with Crippen LogP contribution < -0.4 is 4.72 Å². The second-order valence-electron chi connectivity index (χ2n) is 5.12. The third-order valence-corrected chi connectivity index (χ3v) is 5.09. The van der Waals surface area contributed by atoms with E-state index in [1.54, 1.807) is 11.3 Å². The molecule has 1 aromatic rings. The number of carbonyl (C=O) groups is 1. The molecule has 0 saturated carbocycles. The lowest BCUT2D eigenvalue weighted by molar-refractivity contribution is -0.132. The third-order valence-electron chi connectivity index (χ3n) is 3.39. The van der Waals surface area contributed by atoms with Gasteiger partial charge in [-0.15, -0.1) is 11.3 Å². The lowest BCUT2D eigenvalue weighted by Gasteiger charge is -2.32. The molecule has 0 bridgehead atoms. The van der Waals surface area contributed by atoms with Gasteiger partial charge in [0.15, 0.2) is 0 Å². The van der Waals surface area contributed by atoms with Crippen molar-refractivity contribution in [2.24, 2.45) is 0 Å². The van der Waals surface area contributed by atoms with Crippen molar-refractivity contribution in [1.29, 1.82) is 0 Å². The lowest BCUT2D eigenvalue weighted by Crippen LogP contribution is -2.46. The number of hydrogen-bond donors (Lipinski definition) is 1. The Balaban J connectivity index is 1.74. The Hall–Kier alpha value is -0.920. The minimum absolute atomic E-state index is 0.0358. The molecule has 0 aliphatic carbocycles. The maximum absolute atomic E-state index is 12.1. The molecule has 0 atom stereocenters. The van der Waals surface area contributed by atoms with Crippen LogP contribution in [0.2, 0.25) is 0 Å². The van der Waals surface area contributed by atoms with Gasteiger partial charge in [0.25, 0.3) is 0 Å². The van der Waals surface area contributed by atoms with E-state index < -0.39 is 10.0 Å². The Kier molecular flexibility index (Phi) is 5.17. The Labute approximate surface area is 124 Å². The van der Waals surface area contributed by atoms with Crippen LogP contribution >= 0.6 is 11.3 Å². The summed E-state index contributed by atoms with van der Waals surface area (Å²) in [6.45, 7) is 1.27. The van der Waals surface area contributed by atoms with Crippen LogP contribution in [0.25, 0.3) is 0 Å². The highest BCUT2D eigenvalue weighted by atomic mass is 32.2. The average Bonchev–Trinajstić information content (AvgIpc) is 2.88. The van der Waals surface area contributed by atoms with Gasteiger partial charge in [-0.3, -0.25) is 4.79 Å². The molecule has 1 amide bonds. The number of piperidine rings is 1. The molecule has 1 aliphatic heterocycles. The predicted octanol–water partition coefficient (Wildman–Crippen LogP) is 1.22. The molecule has 1 aliphatic rings. The zero-order chi connectivity index (χ0) is 14.6. The van der Waals surface area contributed by atoms with E-state index >= 15 is 0 Å². The van der Waals surface area contributed by atoms with Crippen LogP contribution in [0.1, 0.15) is 24.1 Å². The summed E-state index contributed by atoms with van der Waals surface area (Å²) in [4.78, 5) is 15.1. The van der Waals surface area contributed by atoms with Crippen LogP contribution in [0.5, 0.6) is 0 Å². The van der Waals surface area contributed by atoms with E-state index in [-0.39, 0.29) is 11.9 Å². The first-order chi connectivity index (χ1) is 9.44. The highest BCUT2D eigenvalue weighted by molar-refractivity contribution is 7.88. The van der Waals surface area contributed by atoms with E-state index in [1.807, 2.05) is 22.4 Å². The Morgan fingerprint density at radius 3 is 2.70 bits per heavy atom. The van der Waals surface area contributed by atoms with Gasteiger partial charge in [-0.25, -0.2) is 13.1 Å². The molecule has 1 saturated heterocycles. The Morgan fingerprint density at radius 1 is 1.45 bits per heavy atom. The number of sulfonamides is 1. The minimum Gasteiger partial charge on any atom is -0.343 e. The molecule has 2 rings (SSSR count). The second-order valence-corrected chi connectivity index (χ2v) is 7.94. The van der Waals surface area contributed by atoms with Gasteiger partial charge >= 0.3 is 0 Å². The molecule has 1 fully saturated rings. The van der Waals surface area contributed by atoms with Gasteiger partial charge in [0.1, 0.15) is 0 Å². The molecule has 0 aromatic carbocycles.